The first-order valence-corrected chi connectivity index (χ1v) is 7.20. The molecule has 1 saturated heterocycles. The highest BCUT2D eigenvalue weighted by molar-refractivity contribution is 5.78. The van der Waals surface area contributed by atoms with Crippen LogP contribution >= 0.6 is 0 Å². The van der Waals surface area contributed by atoms with Gasteiger partial charge in [0.15, 0.2) is 0 Å². The lowest BCUT2D eigenvalue weighted by molar-refractivity contribution is -0.384. The van der Waals surface area contributed by atoms with Gasteiger partial charge in [0.2, 0.25) is 0 Å². The third-order valence-corrected chi connectivity index (χ3v) is 4.83. The van der Waals surface area contributed by atoms with Crippen LogP contribution in [-0.4, -0.2) is 42.6 Å². The summed E-state index contributed by atoms with van der Waals surface area (Å²) in [6.07, 6.45) is 0.986. The molecule has 0 spiro atoms. The van der Waals surface area contributed by atoms with Crippen LogP contribution in [0.5, 0.6) is 5.75 Å². The van der Waals surface area contributed by atoms with Crippen molar-refractivity contribution in [2.45, 2.75) is 31.8 Å². The summed E-state index contributed by atoms with van der Waals surface area (Å²) in [7, 11) is 3.91. The molecule has 3 rings (SSSR count). The van der Waals surface area contributed by atoms with Crippen molar-refractivity contribution in [3.05, 3.63) is 27.8 Å². The molecule has 0 N–H and O–H groups in total. The van der Waals surface area contributed by atoms with Crippen molar-refractivity contribution >= 4 is 17.3 Å². The number of rotatable bonds is 2. The second kappa shape index (κ2) is 4.67. The Balaban J connectivity index is 2.22. The number of nitrogens with zero attached hydrogens (tertiary/aromatic N) is 3. The average molecular weight is 305 g/mol. The number of fused-ring (bicyclic) bond motifs is 3. The van der Waals surface area contributed by atoms with E-state index in [1.165, 1.54) is 13.0 Å². The zero-order valence-electron chi connectivity index (χ0n) is 13.1. The minimum absolute atomic E-state index is 0.0136. The van der Waals surface area contributed by atoms with Gasteiger partial charge in [-0.2, -0.15) is 0 Å². The first-order valence-electron chi connectivity index (χ1n) is 7.20. The molecule has 0 radical (unpaired) electrons. The summed E-state index contributed by atoms with van der Waals surface area (Å²) in [4.78, 5) is 26.4. The Morgan fingerprint density at radius 3 is 2.73 bits per heavy atom. The molecule has 0 aromatic heterocycles. The van der Waals surface area contributed by atoms with E-state index in [-0.39, 0.29) is 23.0 Å². The van der Waals surface area contributed by atoms with Crippen molar-refractivity contribution in [2.75, 3.05) is 25.5 Å². The monoisotopic (exact) mass is 305 g/mol. The molecule has 2 heterocycles. The number of nitro benzene ring substituents is 1. The second-order valence-corrected chi connectivity index (χ2v) is 6.32. The van der Waals surface area contributed by atoms with E-state index in [2.05, 4.69) is 11.8 Å². The Bertz CT molecular complexity index is 675. The van der Waals surface area contributed by atoms with Gasteiger partial charge in [-0.15, -0.1) is 0 Å². The van der Waals surface area contributed by atoms with Gasteiger partial charge in [-0.3, -0.25) is 19.8 Å². The molecular formula is C15H19N3O4. The quantitative estimate of drug-likeness (QED) is 0.359. The molecule has 1 unspecified atom stereocenters. The number of likely N-dealkylation sites (N-methyl/N-ethyl adjacent to an activating group) is 2. The van der Waals surface area contributed by atoms with E-state index in [4.69, 9.17) is 4.74 Å². The van der Waals surface area contributed by atoms with Gasteiger partial charge < -0.3 is 9.64 Å². The molecule has 7 nitrogen and oxygen atoms in total. The standard InChI is InChI=1S/C15H19N3O4/c1-9(19)22-10-7-11-13(12(8-10)18(20)21)17(4)14-15(11,2)5-6-16(14)3/h7-8,14H,5-6H2,1-4H3/t14?,15-/m0/s1. The van der Waals surface area contributed by atoms with Gasteiger partial charge in [0.25, 0.3) is 5.69 Å². The van der Waals surface area contributed by atoms with E-state index in [0.29, 0.717) is 5.69 Å². The molecule has 1 fully saturated rings. The molecule has 2 atom stereocenters. The number of hydrogen-bond donors (Lipinski definition) is 0. The molecule has 2 aliphatic rings. The van der Waals surface area contributed by atoms with Crippen LogP contribution in [0.15, 0.2) is 12.1 Å². The molecule has 0 aliphatic carbocycles. The normalized spacial score (nSPS) is 26.7. The van der Waals surface area contributed by atoms with Crippen molar-refractivity contribution in [2.24, 2.45) is 0 Å². The maximum atomic E-state index is 11.5. The molecular weight excluding hydrogens is 286 g/mol. The second-order valence-electron chi connectivity index (χ2n) is 6.32. The number of nitro groups is 1. The molecule has 0 amide bonds. The Morgan fingerprint density at radius 1 is 1.45 bits per heavy atom. The highest BCUT2D eigenvalue weighted by Crippen LogP contribution is 2.55. The smallest absolute Gasteiger partial charge is 0.308 e. The number of likely N-dealkylation sites (tertiary alicyclic amines) is 1. The third kappa shape index (κ3) is 1.89. The Kier molecular flexibility index (Phi) is 3.14. The van der Waals surface area contributed by atoms with Gasteiger partial charge in [-0.25, -0.2) is 0 Å². The highest BCUT2D eigenvalue weighted by atomic mass is 16.6. The minimum Gasteiger partial charge on any atom is -0.426 e. The maximum absolute atomic E-state index is 11.5. The first-order chi connectivity index (χ1) is 10.3. The van der Waals surface area contributed by atoms with Gasteiger partial charge >= 0.3 is 5.97 Å². The summed E-state index contributed by atoms with van der Waals surface area (Å²) >= 11 is 0. The number of carbonyl (C=O) groups excluding carboxylic acids is 1. The highest BCUT2D eigenvalue weighted by Gasteiger charge is 2.54. The van der Waals surface area contributed by atoms with Gasteiger partial charge in [-0.1, -0.05) is 6.92 Å². The Morgan fingerprint density at radius 2 is 2.14 bits per heavy atom. The van der Waals surface area contributed by atoms with Crippen molar-refractivity contribution in [1.82, 2.24) is 4.90 Å². The fourth-order valence-corrected chi connectivity index (χ4v) is 4.03. The van der Waals surface area contributed by atoms with Crippen LogP contribution < -0.4 is 9.64 Å². The van der Waals surface area contributed by atoms with Crippen LogP contribution in [0.2, 0.25) is 0 Å². The number of hydrogen-bond acceptors (Lipinski definition) is 6. The van der Waals surface area contributed by atoms with Crippen molar-refractivity contribution in [3.8, 4) is 5.75 Å². The Hall–Kier alpha value is -2.15. The summed E-state index contributed by atoms with van der Waals surface area (Å²) in [5.74, 6) is -0.242. The summed E-state index contributed by atoms with van der Waals surface area (Å²) in [5.41, 5.74) is 1.29. The molecule has 118 valence electrons. The van der Waals surface area contributed by atoms with Crippen molar-refractivity contribution in [1.29, 1.82) is 0 Å². The number of benzene rings is 1. The summed E-state index contributed by atoms with van der Waals surface area (Å²) in [6.45, 7) is 4.33. The summed E-state index contributed by atoms with van der Waals surface area (Å²) < 4.78 is 5.11. The number of anilines is 1. The lowest BCUT2D eigenvalue weighted by Gasteiger charge is -2.32. The van der Waals surface area contributed by atoms with Gasteiger partial charge in [-0.05, 0) is 25.1 Å². The minimum atomic E-state index is -0.481. The summed E-state index contributed by atoms with van der Waals surface area (Å²) in [6, 6.07) is 3.11. The fraction of sp³-hybridized carbons (Fsp3) is 0.533. The largest absolute Gasteiger partial charge is 0.426 e. The number of esters is 1. The summed E-state index contributed by atoms with van der Waals surface area (Å²) in [5, 5.41) is 11.5. The molecule has 1 aromatic rings. The van der Waals surface area contributed by atoms with Crippen LogP contribution in [0, 0.1) is 10.1 Å². The van der Waals surface area contributed by atoms with E-state index in [1.54, 1.807) is 6.07 Å². The fourth-order valence-electron chi connectivity index (χ4n) is 4.03. The number of carbonyl (C=O) groups is 1. The molecule has 2 aliphatic heterocycles. The van der Waals surface area contributed by atoms with Crippen molar-refractivity contribution < 1.29 is 14.5 Å². The molecule has 22 heavy (non-hydrogen) atoms. The third-order valence-electron chi connectivity index (χ3n) is 4.83. The SMILES string of the molecule is CC(=O)Oc1cc([N+](=O)[O-])c2c(c1)[C@]1(C)CCN(C)C1N2C. The van der Waals surface area contributed by atoms with Gasteiger partial charge in [0, 0.05) is 25.9 Å². The topological polar surface area (TPSA) is 75.9 Å². The molecule has 7 heteroatoms. The predicted molar refractivity (Wildman–Crippen MR) is 81.2 cm³/mol. The number of ether oxygens (including phenoxy) is 1. The van der Waals surface area contributed by atoms with E-state index in [9.17, 15) is 14.9 Å². The van der Waals surface area contributed by atoms with E-state index in [0.717, 1.165) is 18.5 Å². The van der Waals surface area contributed by atoms with Crippen LogP contribution in [0.1, 0.15) is 25.8 Å². The van der Waals surface area contributed by atoms with Crippen LogP contribution in [0.25, 0.3) is 0 Å². The van der Waals surface area contributed by atoms with Crippen LogP contribution in [0.3, 0.4) is 0 Å². The van der Waals surface area contributed by atoms with Crippen molar-refractivity contribution in [3.63, 3.8) is 0 Å². The van der Waals surface area contributed by atoms with Gasteiger partial charge in [0.1, 0.15) is 11.4 Å². The van der Waals surface area contributed by atoms with E-state index < -0.39 is 10.9 Å². The first kappa shape index (κ1) is 14.8. The Labute approximate surface area is 128 Å². The zero-order valence-corrected chi connectivity index (χ0v) is 13.1. The van der Waals surface area contributed by atoms with Crippen LogP contribution in [-0.2, 0) is 10.2 Å². The predicted octanol–water partition coefficient (Wildman–Crippen LogP) is 1.89. The zero-order chi connectivity index (χ0) is 16.2. The molecule has 0 bridgehead atoms. The molecule has 1 aromatic carbocycles. The average Bonchev–Trinajstić information content (AvgIpc) is 2.83. The molecule has 0 saturated carbocycles. The van der Waals surface area contributed by atoms with Gasteiger partial charge in [0.05, 0.1) is 17.2 Å². The van der Waals surface area contributed by atoms with E-state index in [1.807, 2.05) is 19.0 Å². The maximum Gasteiger partial charge on any atom is 0.308 e. The lowest BCUT2D eigenvalue weighted by Crippen LogP contribution is -2.45. The van der Waals surface area contributed by atoms with E-state index >= 15 is 0 Å². The lowest BCUT2D eigenvalue weighted by atomic mass is 9.81. The van der Waals surface area contributed by atoms with Crippen LogP contribution in [0.4, 0.5) is 11.4 Å².